The number of nitriles is 1. The molecule has 0 unspecified atom stereocenters. The Kier molecular flexibility index (Phi) is 4.56. The maximum absolute atomic E-state index is 13.7. The highest BCUT2D eigenvalue weighted by molar-refractivity contribution is 6.31. The van der Waals surface area contributed by atoms with E-state index in [0.717, 1.165) is 0 Å². The van der Waals surface area contributed by atoms with Crippen LogP contribution in [-0.2, 0) is 6.54 Å². The molecule has 5 heteroatoms. The molecular weight excluding hydrogens is 291 g/mol. The van der Waals surface area contributed by atoms with Gasteiger partial charge < -0.3 is 4.90 Å². The second-order valence-electron chi connectivity index (χ2n) is 4.55. The first-order valence-electron chi connectivity index (χ1n) is 6.21. The van der Waals surface area contributed by atoms with Crippen LogP contribution in [-0.4, -0.2) is 17.9 Å². The van der Waals surface area contributed by atoms with Crippen LogP contribution in [0.4, 0.5) is 4.39 Å². The van der Waals surface area contributed by atoms with Gasteiger partial charge in [-0.1, -0.05) is 17.7 Å². The van der Waals surface area contributed by atoms with Crippen molar-refractivity contribution < 1.29 is 9.18 Å². The zero-order valence-corrected chi connectivity index (χ0v) is 12.1. The van der Waals surface area contributed by atoms with Gasteiger partial charge in [0.25, 0.3) is 5.91 Å². The minimum absolute atomic E-state index is 0.0738. The van der Waals surface area contributed by atoms with E-state index in [1.165, 1.54) is 17.0 Å². The summed E-state index contributed by atoms with van der Waals surface area (Å²) in [6.45, 7) is 0.0738. The topological polar surface area (TPSA) is 44.1 Å². The molecular formula is C16H12ClFN2O. The summed E-state index contributed by atoms with van der Waals surface area (Å²) < 4.78 is 13.7. The summed E-state index contributed by atoms with van der Waals surface area (Å²) in [5, 5.41) is 9.02. The maximum Gasteiger partial charge on any atom is 0.253 e. The van der Waals surface area contributed by atoms with Crippen LogP contribution in [0.5, 0.6) is 0 Å². The molecule has 0 aliphatic carbocycles. The van der Waals surface area contributed by atoms with E-state index in [1.54, 1.807) is 37.4 Å². The molecule has 0 saturated heterocycles. The summed E-state index contributed by atoms with van der Waals surface area (Å²) in [6, 6.07) is 12.7. The fraction of sp³-hybridized carbons (Fsp3) is 0.125. The van der Waals surface area contributed by atoms with Crippen molar-refractivity contribution in [2.45, 2.75) is 6.54 Å². The van der Waals surface area contributed by atoms with Crippen molar-refractivity contribution in [2.24, 2.45) is 0 Å². The van der Waals surface area contributed by atoms with Crippen LogP contribution < -0.4 is 0 Å². The number of amides is 1. The lowest BCUT2D eigenvalue weighted by Crippen LogP contribution is -2.26. The highest BCUT2D eigenvalue weighted by Gasteiger charge is 2.15. The summed E-state index contributed by atoms with van der Waals surface area (Å²) in [5.41, 5.74) is 1.19. The molecule has 0 atom stereocenters. The minimum Gasteiger partial charge on any atom is -0.337 e. The molecule has 106 valence electrons. The molecule has 0 fully saturated rings. The van der Waals surface area contributed by atoms with Crippen molar-refractivity contribution in [3.05, 3.63) is 70.0 Å². The number of carbonyl (C=O) groups is 1. The van der Waals surface area contributed by atoms with Crippen LogP contribution in [0.2, 0.25) is 5.02 Å². The third kappa shape index (κ3) is 3.39. The van der Waals surface area contributed by atoms with Crippen LogP contribution >= 0.6 is 11.6 Å². The number of hydrogen-bond acceptors (Lipinski definition) is 2. The third-order valence-electron chi connectivity index (χ3n) is 3.06. The number of carbonyl (C=O) groups excluding carboxylic acids is 1. The lowest BCUT2D eigenvalue weighted by molar-refractivity contribution is 0.0784. The van der Waals surface area contributed by atoms with Gasteiger partial charge in [0.05, 0.1) is 11.6 Å². The zero-order valence-electron chi connectivity index (χ0n) is 11.3. The average molecular weight is 303 g/mol. The van der Waals surface area contributed by atoms with Crippen molar-refractivity contribution in [1.82, 2.24) is 4.90 Å². The van der Waals surface area contributed by atoms with Gasteiger partial charge in [0.2, 0.25) is 0 Å². The van der Waals surface area contributed by atoms with Crippen molar-refractivity contribution in [2.75, 3.05) is 7.05 Å². The smallest absolute Gasteiger partial charge is 0.253 e. The summed E-state index contributed by atoms with van der Waals surface area (Å²) in [4.78, 5) is 13.6. The van der Waals surface area contributed by atoms with Crippen LogP contribution in [0.15, 0.2) is 42.5 Å². The van der Waals surface area contributed by atoms with Crippen molar-refractivity contribution in [3.8, 4) is 6.07 Å². The Bertz CT molecular complexity index is 687. The van der Waals surface area contributed by atoms with E-state index in [9.17, 15) is 9.18 Å². The molecule has 1 amide bonds. The van der Waals surface area contributed by atoms with Crippen LogP contribution in [0.3, 0.4) is 0 Å². The Morgan fingerprint density at radius 3 is 2.52 bits per heavy atom. The Labute approximate surface area is 127 Å². The number of nitrogens with zero attached hydrogens (tertiary/aromatic N) is 2. The lowest BCUT2D eigenvalue weighted by atomic mass is 10.1. The summed E-state index contributed by atoms with van der Waals surface area (Å²) >= 11 is 5.95. The third-order valence-corrected chi connectivity index (χ3v) is 3.42. The van der Waals surface area contributed by atoms with E-state index in [4.69, 9.17) is 16.9 Å². The van der Waals surface area contributed by atoms with E-state index < -0.39 is 5.82 Å². The van der Waals surface area contributed by atoms with Crippen molar-refractivity contribution in [3.63, 3.8) is 0 Å². The molecule has 0 spiro atoms. The Balaban J connectivity index is 2.18. The Hall–Kier alpha value is -2.38. The standard InChI is InChI=1S/C16H12ClFN2O/c1-20(10-13-14(17)3-2-4-15(13)18)16(21)12-7-5-11(9-19)6-8-12/h2-8H,10H2,1H3. The molecule has 2 aromatic rings. The first-order valence-corrected chi connectivity index (χ1v) is 6.59. The van der Waals surface area contributed by atoms with E-state index in [0.29, 0.717) is 11.1 Å². The number of hydrogen-bond donors (Lipinski definition) is 0. The first kappa shape index (κ1) is 15.0. The van der Waals surface area contributed by atoms with Crippen LogP contribution in [0.25, 0.3) is 0 Å². The molecule has 0 saturated carbocycles. The second kappa shape index (κ2) is 6.38. The van der Waals surface area contributed by atoms with Gasteiger partial charge in [-0.3, -0.25) is 4.79 Å². The van der Waals surface area contributed by atoms with Gasteiger partial charge in [-0.15, -0.1) is 0 Å². The van der Waals surface area contributed by atoms with E-state index in [2.05, 4.69) is 0 Å². The molecule has 2 aromatic carbocycles. The number of halogens is 2. The molecule has 0 bridgehead atoms. The van der Waals surface area contributed by atoms with Gasteiger partial charge in [-0.05, 0) is 36.4 Å². The van der Waals surface area contributed by atoms with Gasteiger partial charge in [-0.25, -0.2) is 4.39 Å². The van der Waals surface area contributed by atoms with Crippen molar-refractivity contribution in [1.29, 1.82) is 5.26 Å². The highest BCUT2D eigenvalue weighted by Crippen LogP contribution is 2.21. The molecule has 0 aliphatic rings. The predicted molar refractivity (Wildman–Crippen MR) is 78.4 cm³/mol. The van der Waals surface area contributed by atoms with Crippen molar-refractivity contribution >= 4 is 17.5 Å². The fourth-order valence-corrected chi connectivity index (χ4v) is 2.12. The molecule has 21 heavy (non-hydrogen) atoms. The summed E-state index contributed by atoms with van der Waals surface area (Å²) in [5.74, 6) is -0.708. The molecule has 0 radical (unpaired) electrons. The van der Waals surface area contributed by atoms with E-state index in [1.807, 2.05) is 6.07 Å². The highest BCUT2D eigenvalue weighted by atomic mass is 35.5. The van der Waals surface area contributed by atoms with E-state index in [-0.39, 0.29) is 23.0 Å². The Morgan fingerprint density at radius 2 is 1.95 bits per heavy atom. The Morgan fingerprint density at radius 1 is 1.29 bits per heavy atom. The lowest BCUT2D eigenvalue weighted by Gasteiger charge is -2.18. The fourth-order valence-electron chi connectivity index (χ4n) is 1.90. The second-order valence-corrected chi connectivity index (χ2v) is 4.96. The average Bonchev–Trinajstić information content (AvgIpc) is 2.50. The monoisotopic (exact) mass is 302 g/mol. The van der Waals surface area contributed by atoms with Gasteiger partial charge in [0, 0.05) is 29.7 Å². The summed E-state index contributed by atoms with van der Waals surface area (Å²) in [6.07, 6.45) is 0. The van der Waals surface area contributed by atoms with Crippen LogP contribution in [0, 0.1) is 17.1 Å². The minimum atomic E-state index is -0.443. The SMILES string of the molecule is CN(Cc1c(F)cccc1Cl)C(=O)c1ccc(C#N)cc1. The van der Waals surface area contributed by atoms with Gasteiger partial charge in [-0.2, -0.15) is 5.26 Å². The normalized spacial score (nSPS) is 10.0. The first-order chi connectivity index (χ1) is 10.0. The maximum atomic E-state index is 13.7. The molecule has 0 heterocycles. The van der Waals surface area contributed by atoms with E-state index >= 15 is 0 Å². The largest absolute Gasteiger partial charge is 0.337 e. The molecule has 0 aromatic heterocycles. The quantitative estimate of drug-likeness (QED) is 0.869. The molecule has 0 N–H and O–H groups in total. The summed E-state index contributed by atoms with van der Waals surface area (Å²) in [7, 11) is 1.57. The van der Waals surface area contributed by atoms with Gasteiger partial charge in [0.1, 0.15) is 5.82 Å². The zero-order chi connectivity index (χ0) is 15.4. The molecule has 0 aliphatic heterocycles. The van der Waals surface area contributed by atoms with Crippen LogP contribution in [0.1, 0.15) is 21.5 Å². The van der Waals surface area contributed by atoms with Gasteiger partial charge >= 0.3 is 0 Å². The van der Waals surface area contributed by atoms with Gasteiger partial charge in [0.15, 0.2) is 0 Å². The number of rotatable bonds is 3. The molecule has 2 rings (SSSR count). The molecule has 3 nitrogen and oxygen atoms in total. The predicted octanol–water partition coefficient (Wildman–Crippen LogP) is 3.62. The number of benzene rings is 2.